The number of nitrogens with one attached hydrogen (secondary N) is 2. The molecule has 2 aliphatic heterocycles. The summed E-state index contributed by atoms with van der Waals surface area (Å²) in [7, 11) is 0. The smallest absolute Gasteiger partial charge is 0.232 e. The van der Waals surface area contributed by atoms with Crippen molar-refractivity contribution in [3.63, 3.8) is 0 Å². The normalized spacial score (nSPS) is 21.3. The van der Waals surface area contributed by atoms with Crippen LogP contribution in [0, 0.1) is 5.92 Å². The Hall–Kier alpha value is -2.12. The first-order valence-electron chi connectivity index (χ1n) is 11.7. The van der Waals surface area contributed by atoms with Gasteiger partial charge in [-0.05, 0) is 68.8 Å². The second-order valence-corrected chi connectivity index (χ2v) is 9.85. The molecule has 2 fully saturated rings. The first-order valence-corrected chi connectivity index (χ1v) is 12.5. The monoisotopic (exact) mass is 472 g/mol. The van der Waals surface area contributed by atoms with Crippen molar-refractivity contribution in [2.45, 2.75) is 58.5 Å². The van der Waals surface area contributed by atoms with E-state index in [9.17, 15) is 0 Å². The molecule has 4 rings (SSSR count). The molecule has 0 saturated carbocycles. The quantitative estimate of drug-likeness (QED) is 0.577. The third kappa shape index (κ3) is 5.81. The molecule has 8 heteroatoms. The van der Waals surface area contributed by atoms with Crippen molar-refractivity contribution in [1.29, 1.82) is 0 Å². The van der Waals surface area contributed by atoms with Gasteiger partial charge in [-0.1, -0.05) is 36.7 Å². The molecular weight excluding hydrogens is 440 g/mol. The minimum atomic E-state index is 0.477. The summed E-state index contributed by atoms with van der Waals surface area (Å²) in [5.41, 5.74) is 0.998. The Labute approximate surface area is 201 Å². The van der Waals surface area contributed by atoms with Crippen molar-refractivity contribution in [2.75, 3.05) is 34.8 Å². The molecule has 2 atom stereocenters. The molecule has 2 aromatic rings. The van der Waals surface area contributed by atoms with Gasteiger partial charge in [0, 0.05) is 43.3 Å². The van der Waals surface area contributed by atoms with Crippen molar-refractivity contribution in [3.8, 4) is 0 Å². The maximum atomic E-state index is 6.27. The van der Waals surface area contributed by atoms with Crippen molar-refractivity contribution >= 4 is 46.5 Å². The number of hydrogen-bond acceptors (Lipinski definition) is 5. The first kappa shape index (κ1) is 23.1. The molecule has 0 aliphatic carbocycles. The van der Waals surface area contributed by atoms with E-state index < -0.39 is 0 Å². The van der Waals surface area contributed by atoms with E-state index in [1.807, 2.05) is 24.3 Å². The SMILES string of the molecule is C[C@H]1CCCN(c2cc(N3CCCC[C@H]3C)nc(NC(=S)NCc3ccccc3Cl)n2)C1. The lowest BCUT2D eigenvalue weighted by Crippen LogP contribution is -2.39. The summed E-state index contributed by atoms with van der Waals surface area (Å²) in [6, 6.07) is 10.4. The average molecular weight is 473 g/mol. The second kappa shape index (κ2) is 10.7. The highest BCUT2D eigenvalue weighted by atomic mass is 35.5. The van der Waals surface area contributed by atoms with Gasteiger partial charge in [0.25, 0.3) is 0 Å². The van der Waals surface area contributed by atoms with Crippen molar-refractivity contribution in [3.05, 3.63) is 40.9 Å². The zero-order valence-corrected chi connectivity index (χ0v) is 20.6. The first-order chi connectivity index (χ1) is 15.5. The maximum absolute atomic E-state index is 6.27. The molecule has 0 amide bonds. The van der Waals surface area contributed by atoms with Gasteiger partial charge in [0.05, 0.1) is 0 Å². The van der Waals surface area contributed by atoms with Crippen molar-refractivity contribution < 1.29 is 0 Å². The summed E-state index contributed by atoms with van der Waals surface area (Å²) < 4.78 is 0. The number of benzene rings is 1. The highest BCUT2D eigenvalue weighted by Gasteiger charge is 2.24. The Kier molecular flexibility index (Phi) is 7.68. The lowest BCUT2D eigenvalue weighted by atomic mass is 10.0. The number of rotatable bonds is 5. The summed E-state index contributed by atoms with van der Waals surface area (Å²) in [6.07, 6.45) is 6.14. The van der Waals surface area contributed by atoms with E-state index in [0.717, 1.165) is 41.9 Å². The summed E-state index contributed by atoms with van der Waals surface area (Å²) in [5, 5.41) is 7.67. The molecule has 2 saturated heterocycles. The molecule has 0 unspecified atom stereocenters. The molecule has 2 aliphatic rings. The van der Waals surface area contributed by atoms with Gasteiger partial charge < -0.3 is 20.4 Å². The minimum absolute atomic E-state index is 0.477. The Morgan fingerprint density at radius 3 is 2.69 bits per heavy atom. The lowest BCUT2D eigenvalue weighted by molar-refractivity contribution is 0.444. The van der Waals surface area contributed by atoms with Gasteiger partial charge in [0.2, 0.25) is 5.95 Å². The van der Waals surface area contributed by atoms with Crippen LogP contribution in [-0.4, -0.2) is 40.8 Å². The number of thiocarbonyl (C=S) groups is 1. The molecule has 2 N–H and O–H groups in total. The molecule has 1 aromatic heterocycles. The fraction of sp³-hybridized carbons (Fsp3) is 0.542. The van der Waals surface area contributed by atoms with Crippen LogP contribution in [0.2, 0.25) is 5.02 Å². The number of nitrogens with zero attached hydrogens (tertiary/aromatic N) is 4. The molecule has 1 aromatic carbocycles. The van der Waals surface area contributed by atoms with Crippen LogP contribution in [0.25, 0.3) is 0 Å². The maximum Gasteiger partial charge on any atom is 0.232 e. The van der Waals surface area contributed by atoms with Crippen molar-refractivity contribution in [2.24, 2.45) is 5.92 Å². The van der Waals surface area contributed by atoms with Crippen LogP contribution in [0.1, 0.15) is 51.5 Å². The zero-order valence-electron chi connectivity index (χ0n) is 19.0. The van der Waals surface area contributed by atoms with E-state index >= 15 is 0 Å². The molecule has 0 bridgehead atoms. The van der Waals surface area contributed by atoms with E-state index in [4.69, 9.17) is 33.8 Å². The Bertz CT molecular complexity index is 938. The molecular formula is C24H33ClN6S. The van der Waals surface area contributed by atoms with Gasteiger partial charge in [0.15, 0.2) is 5.11 Å². The molecule has 3 heterocycles. The molecule has 172 valence electrons. The number of piperidine rings is 2. The predicted octanol–water partition coefficient (Wildman–Crippen LogP) is 5.23. The van der Waals surface area contributed by atoms with Crippen LogP contribution in [0.15, 0.2) is 30.3 Å². The summed E-state index contributed by atoms with van der Waals surface area (Å²) in [4.78, 5) is 14.5. The number of halogens is 1. The standard InChI is InChI=1S/C24H33ClN6S/c1-17-8-7-12-30(16-17)21-14-22(31-13-6-5-9-18(31)2)28-23(27-21)29-24(32)26-15-19-10-3-4-11-20(19)25/h3-4,10-11,14,17-18H,5-9,12-13,15-16H2,1-2H3,(H2,26,27,28,29,32)/t17-,18+/m0/s1. The van der Waals surface area contributed by atoms with E-state index in [-0.39, 0.29) is 0 Å². The van der Waals surface area contributed by atoms with Crippen LogP contribution < -0.4 is 20.4 Å². The van der Waals surface area contributed by atoms with Crippen LogP contribution in [0.4, 0.5) is 17.6 Å². The van der Waals surface area contributed by atoms with Crippen LogP contribution in [0.5, 0.6) is 0 Å². The Morgan fingerprint density at radius 2 is 1.91 bits per heavy atom. The van der Waals surface area contributed by atoms with Gasteiger partial charge in [-0.2, -0.15) is 9.97 Å². The number of anilines is 3. The Balaban J connectivity index is 1.53. The summed E-state index contributed by atoms with van der Waals surface area (Å²) >= 11 is 11.8. The van der Waals surface area contributed by atoms with E-state index in [1.165, 1.54) is 32.1 Å². The van der Waals surface area contributed by atoms with Gasteiger partial charge in [-0.15, -0.1) is 0 Å². The van der Waals surface area contributed by atoms with Gasteiger partial charge in [-0.3, -0.25) is 0 Å². The summed E-state index contributed by atoms with van der Waals surface area (Å²) in [6.45, 7) is 8.24. The zero-order chi connectivity index (χ0) is 22.5. The van der Waals surface area contributed by atoms with Gasteiger partial charge >= 0.3 is 0 Å². The number of hydrogen-bond donors (Lipinski definition) is 2. The van der Waals surface area contributed by atoms with Crippen LogP contribution in [-0.2, 0) is 6.54 Å². The topological polar surface area (TPSA) is 56.3 Å². The third-order valence-electron chi connectivity index (χ3n) is 6.40. The fourth-order valence-corrected chi connectivity index (χ4v) is 4.95. The highest BCUT2D eigenvalue weighted by molar-refractivity contribution is 7.80. The third-order valence-corrected chi connectivity index (χ3v) is 7.02. The lowest BCUT2D eigenvalue weighted by Gasteiger charge is -2.36. The van der Waals surface area contributed by atoms with Crippen molar-refractivity contribution in [1.82, 2.24) is 15.3 Å². The largest absolute Gasteiger partial charge is 0.358 e. The van der Waals surface area contributed by atoms with Gasteiger partial charge in [-0.25, -0.2) is 0 Å². The van der Waals surface area contributed by atoms with E-state index in [1.54, 1.807) is 0 Å². The van der Waals surface area contributed by atoms with Gasteiger partial charge in [0.1, 0.15) is 11.6 Å². The average Bonchev–Trinajstić information content (AvgIpc) is 2.78. The minimum Gasteiger partial charge on any atom is -0.358 e. The van der Waals surface area contributed by atoms with E-state index in [2.05, 4.69) is 40.3 Å². The Morgan fingerprint density at radius 1 is 1.09 bits per heavy atom. The van der Waals surface area contributed by atoms with E-state index in [0.29, 0.717) is 29.6 Å². The van der Waals surface area contributed by atoms with Crippen LogP contribution in [0.3, 0.4) is 0 Å². The summed E-state index contributed by atoms with van der Waals surface area (Å²) in [5.74, 6) is 3.18. The molecule has 0 spiro atoms. The molecule has 0 radical (unpaired) electrons. The highest BCUT2D eigenvalue weighted by Crippen LogP contribution is 2.29. The second-order valence-electron chi connectivity index (χ2n) is 9.04. The molecule has 32 heavy (non-hydrogen) atoms. The van der Waals surface area contributed by atoms with Crippen LogP contribution >= 0.6 is 23.8 Å². The molecule has 6 nitrogen and oxygen atoms in total. The fourth-order valence-electron chi connectivity index (χ4n) is 4.59. The predicted molar refractivity (Wildman–Crippen MR) is 138 cm³/mol. The number of aromatic nitrogens is 2.